The van der Waals surface area contributed by atoms with Crippen LogP contribution in [0.25, 0.3) is 0 Å². The SMILES string of the molecule is CC1(CCC(=O)C=N)CCC(O)(c2cccc(Oc3ccccc3)c2)CC1. The highest BCUT2D eigenvalue weighted by atomic mass is 16.5. The first-order chi connectivity index (χ1) is 12.9. The number of benzene rings is 2. The van der Waals surface area contributed by atoms with E-state index in [0.29, 0.717) is 19.3 Å². The van der Waals surface area contributed by atoms with Gasteiger partial charge < -0.3 is 15.3 Å². The van der Waals surface area contributed by atoms with Gasteiger partial charge in [-0.1, -0.05) is 37.3 Å². The maximum Gasteiger partial charge on any atom is 0.173 e. The second kappa shape index (κ2) is 8.05. The van der Waals surface area contributed by atoms with E-state index in [0.717, 1.165) is 42.5 Å². The number of ether oxygens (including phenoxy) is 1. The number of hydrogen-bond acceptors (Lipinski definition) is 4. The fourth-order valence-corrected chi connectivity index (χ4v) is 3.78. The lowest BCUT2D eigenvalue weighted by Gasteiger charge is -2.42. The summed E-state index contributed by atoms with van der Waals surface area (Å²) in [7, 11) is 0. The summed E-state index contributed by atoms with van der Waals surface area (Å²) in [6.07, 6.45) is 5.14. The summed E-state index contributed by atoms with van der Waals surface area (Å²) in [5.41, 5.74) is 0.0676. The Morgan fingerprint density at radius 1 is 1.07 bits per heavy atom. The molecular formula is C23H27NO3. The quantitative estimate of drug-likeness (QED) is 0.659. The van der Waals surface area contributed by atoms with Crippen molar-refractivity contribution in [2.45, 2.75) is 51.0 Å². The lowest BCUT2D eigenvalue weighted by atomic mass is 9.66. The monoisotopic (exact) mass is 365 g/mol. The Labute approximate surface area is 160 Å². The molecule has 0 saturated heterocycles. The number of carbonyl (C=O) groups excluding carboxylic acids is 1. The Bertz CT molecular complexity index is 792. The van der Waals surface area contributed by atoms with Gasteiger partial charge in [0.25, 0.3) is 0 Å². The molecule has 2 aromatic carbocycles. The number of rotatable bonds is 7. The highest BCUT2D eigenvalue weighted by Crippen LogP contribution is 2.48. The molecule has 0 atom stereocenters. The van der Waals surface area contributed by atoms with Gasteiger partial charge in [-0.05, 0) is 67.3 Å². The van der Waals surface area contributed by atoms with E-state index in [9.17, 15) is 9.90 Å². The van der Waals surface area contributed by atoms with Crippen LogP contribution in [0.4, 0.5) is 0 Å². The predicted octanol–water partition coefficient (Wildman–Crippen LogP) is 5.25. The first kappa shape index (κ1) is 19.3. The summed E-state index contributed by atoms with van der Waals surface area (Å²) >= 11 is 0. The van der Waals surface area contributed by atoms with E-state index in [4.69, 9.17) is 10.1 Å². The number of carbonyl (C=O) groups is 1. The molecule has 0 bridgehead atoms. The summed E-state index contributed by atoms with van der Waals surface area (Å²) in [6, 6.07) is 17.3. The van der Waals surface area contributed by atoms with Gasteiger partial charge in [-0.2, -0.15) is 0 Å². The van der Waals surface area contributed by atoms with E-state index in [-0.39, 0.29) is 11.2 Å². The van der Waals surface area contributed by atoms with Crippen LogP contribution in [0.1, 0.15) is 51.0 Å². The van der Waals surface area contributed by atoms with Crippen molar-refractivity contribution in [2.24, 2.45) is 5.41 Å². The third kappa shape index (κ3) is 4.83. The number of aliphatic hydroxyl groups is 1. The smallest absolute Gasteiger partial charge is 0.173 e. The zero-order valence-electron chi connectivity index (χ0n) is 15.8. The van der Waals surface area contributed by atoms with Gasteiger partial charge in [-0.3, -0.25) is 4.79 Å². The highest BCUT2D eigenvalue weighted by molar-refractivity contribution is 6.26. The molecule has 3 rings (SSSR count). The first-order valence-corrected chi connectivity index (χ1v) is 9.52. The second-order valence-electron chi connectivity index (χ2n) is 7.90. The minimum atomic E-state index is -0.860. The van der Waals surface area contributed by atoms with Gasteiger partial charge in [-0.15, -0.1) is 0 Å². The summed E-state index contributed by atoms with van der Waals surface area (Å²) in [4.78, 5) is 11.4. The fraction of sp³-hybridized carbons (Fsp3) is 0.391. The molecule has 2 aromatic rings. The van der Waals surface area contributed by atoms with Crippen LogP contribution in [0, 0.1) is 10.8 Å². The Hall–Kier alpha value is -2.46. The van der Waals surface area contributed by atoms with Crippen molar-refractivity contribution < 1.29 is 14.6 Å². The lowest BCUT2D eigenvalue weighted by Crippen LogP contribution is -2.36. The van der Waals surface area contributed by atoms with Crippen molar-refractivity contribution in [3.05, 3.63) is 60.2 Å². The Morgan fingerprint density at radius 3 is 2.41 bits per heavy atom. The van der Waals surface area contributed by atoms with Crippen molar-refractivity contribution in [1.29, 1.82) is 5.41 Å². The average Bonchev–Trinajstić information content (AvgIpc) is 2.70. The zero-order valence-corrected chi connectivity index (χ0v) is 15.8. The molecule has 1 saturated carbocycles. The number of hydrogen-bond donors (Lipinski definition) is 2. The van der Waals surface area contributed by atoms with Crippen molar-refractivity contribution in [1.82, 2.24) is 0 Å². The maximum atomic E-state index is 11.4. The van der Waals surface area contributed by atoms with E-state index in [2.05, 4.69) is 6.92 Å². The Balaban J connectivity index is 1.67. The Morgan fingerprint density at radius 2 is 1.74 bits per heavy atom. The van der Waals surface area contributed by atoms with E-state index in [1.54, 1.807) is 0 Å². The fourth-order valence-electron chi connectivity index (χ4n) is 3.78. The van der Waals surface area contributed by atoms with Crippen LogP contribution in [0.15, 0.2) is 54.6 Å². The molecule has 2 N–H and O–H groups in total. The van der Waals surface area contributed by atoms with Crippen LogP contribution in [-0.4, -0.2) is 17.1 Å². The van der Waals surface area contributed by atoms with E-state index in [1.807, 2.05) is 54.6 Å². The molecule has 0 aliphatic heterocycles. The number of para-hydroxylation sites is 1. The van der Waals surface area contributed by atoms with Crippen LogP contribution in [0.3, 0.4) is 0 Å². The highest BCUT2D eigenvalue weighted by Gasteiger charge is 2.40. The van der Waals surface area contributed by atoms with Crippen LogP contribution < -0.4 is 4.74 Å². The van der Waals surface area contributed by atoms with Crippen LogP contribution in [-0.2, 0) is 10.4 Å². The molecule has 1 fully saturated rings. The summed E-state index contributed by atoms with van der Waals surface area (Å²) in [5, 5.41) is 18.3. The number of nitrogens with one attached hydrogen (secondary N) is 1. The minimum absolute atomic E-state index is 0.0447. The molecule has 0 amide bonds. The molecule has 27 heavy (non-hydrogen) atoms. The van der Waals surface area contributed by atoms with Crippen LogP contribution in [0.5, 0.6) is 11.5 Å². The normalized spacial score (nSPS) is 25.0. The summed E-state index contributed by atoms with van der Waals surface area (Å²) in [5.74, 6) is 1.37. The average molecular weight is 365 g/mol. The molecule has 0 spiro atoms. The molecule has 142 valence electrons. The topological polar surface area (TPSA) is 70.4 Å². The van der Waals surface area contributed by atoms with Crippen molar-refractivity contribution in [3.8, 4) is 11.5 Å². The molecule has 4 heteroatoms. The molecular weight excluding hydrogens is 338 g/mol. The van der Waals surface area contributed by atoms with Crippen molar-refractivity contribution in [3.63, 3.8) is 0 Å². The standard InChI is InChI=1S/C23H27NO3/c1-22(11-10-19(25)17-24)12-14-23(26,15-13-22)18-6-5-9-21(16-18)27-20-7-3-2-4-8-20/h2-9,16-17,24,26H,10-15H2,1H3. The number of ketones is 1. The summed E-state index contributed by atoms with van der Waals surface area (Å²) in [6.45, 7) is 2.18. The molecule has 0 heterocycles. The van der Waals surface area contributed by atoms with Crippen LogP contribution >= 0.6 is 0 Å². The zero-order chi connectivity index (χ0) is 19.3. The molecule has 4 nitrogen and oxygen atoms in total. The van der Waals surface area contributed by atoms with Gasteiger partial charge in [-0.25, -0.2) is 0 Å². The van der Waals surface area contributed by atoms with E-state index in [1.165, 1.54) is 0 Å². The largest absolute Gasteiger partial charge is 0.457 e. The number of Topliss-reactive ketones (excluding diaryl/α,β-unsaturated/α-hetero) is 1. The summed E-state index contributed by atoms with van der Waals surface area (Å²) < 4.78 is 5.90. The molecule has 0 unspecified atom stereocenters. The van der Waals surface area contributed by atoms with Gasteiger partial charge in [0.1, 0.15) is 11.5 Å². The van der Waals surface area contributed by atoms with Gasteiger partial charge in [0.2, 0.25) is 0 Å². The molecule has 0 aromatic heterocycles. The maximum absolute atomic E-state index is 11.4. The minimum Gasteiger partial charge on any atom is -0.457 e. The van der Waals surface area contributed by atoms with Gasteiger partial charge in [0.15, 0.2) is 5.78 Å². The third-order valence-corrected chi connectivity index (χ3v) is 5.77. The Kier molecular flexibility index (Phi) is 5.76. The van der Waals surface area contributed by atoms with Gasteiger partial charge in [0, 0.05) is 6.42 Å². The van der Waals surface area contributed by atoms with Gasteiger partial charge in [0.05, 0.1) is 11.8 Å². The van der Waals surface area contributed by atoms with E-state index < -0.39 is 5.60 Å². The van der Waals surface area contributed by atoms with Crippen LogP contribution in [0.2, 0.25) is 0 Å². The third-order valence-electron chi connectivity index (χ3n) is 5.77. The second-order valence-corrected chi connectivity index (χ2v) is 7.90. The lowest BCUT2D eigenvalue weighted by molar-refractivity contribution is -0.113. The molecule has 1 aliphatic carbocycles. The van der Waals surface area contributed by atoms with E-state index >= 15 is 0 Å². The molecule has 0 radical (unpaired) electrons. The van der Waals surface area contributed by atoms with Gasteiger partial charge >= 0.3 is 0 Å². The predicted molar refractivity (Wildman–Crippen MR) is 106 cm³/mol. The van der Waals surface area contributed by atoms with Crippen molar-refractivity contribution >= 4 is 12.0 Å². The van der Waals surface area contributed by atoms with Crippen molar-refractivity contribution in [2.75, 3.05) is 0 Å². The molecule has 1 aliphatic rings. The first-order valence-electron chi connectivity index (χ1n) is 9.52.